The van der Waals surface area contributed by atoms with E-state index < -0.39 is 0 Å². The number of hydrogen-bond donors (Lipinski definition) is 0. The van der Waals surface area contributed by atoms with Gasteiger partial charge in [0.2, 0.25) is 0 Å². The number of carbonyl (C=O) groups is 1. The van der Waals surface area contributed by atoms with Gasteiger partial charge in [-0.05, 0) is 61.0 Å². The van der Waals surface area contributed by atoms with Crippen molar-refractivity contribution in [3.8, 4) is 5.75 Å². The van der Waals surface area contributed by atoms with Gasteiger partial charge in [-0.25, -0.2) is 0 Å². The minimum absolute atomic E-state index is 0.132. The third kappa shape index (κ3) is 5.67. The third-order valence-corrected chi connectivity index (χ3v) is 6.22. The van der Waals surface area contributed by atoms with Gasteiger partial charge >= 0.3 is 0 Å². The molecule has 0 bridgehead atoms. The molecular weight excluding hydrogens is 376 g/mol. The molecule has 1 heterocycles. The number of piperazine rings is 1. The second-order valence-corrected chi connectivity index (χ2v) is 8.15. The van der Waals surface area contributed by atoms with E-state index >= 15 is 0 Å². The highest BCUT2D eigenvalue weighted by Crippen LogP contribution is 2.19. The standard InChI is InChI=1S/C21H26N2O2S2/c1-26-19-7-3-17(4-8-19)21(24)23-13-11-22(12-14-23)15-16-25-18-5-9-20(27-2)10-6-18/h3-10H,11-16H2,1-2H3. The molecular formula is C21H26N2O2S2. The lowest BCUT2D eigenvalue weighted by molar-refractivity contribution is 0.0620. The number of ether oxygens (including phenoxy) is 1. The van der Waals surface area contributed by atoms with Crippen LogP contribution < -0.4 is 4.74 Å². The minimum atomic E-state index is 0.132. The highest BCUT2D eigenvalue weighted by molar-refractivity contribution is 7.98. The van der Waals surface area contributed by atoms with Crippen LogP contribution >= 0.6 is 23.5 Å². The number of rotatable bonds is 7. The summed E-state index contributed by atoms with van der Waals surface area (Å²) in [7, 11) is 0. The minimum Gasteiger partial charge on any atom is -0.492 e. The summed E-state index contributed by atoms with van der Waals surface area (Å²) in [4.78, 5) is 19.4. The second-order valence-electron chi connectivity index (χ2n) is 6.39. The average Bonchev–Trinajstić information content (AvgIpc) is 2.74. The van der Waals surface area contributed by atoms with Crippen LogP contribution in [0.25, 0.3) is 0 Å². The lowest BCUT2D eigenvalue weighted by Gasteiger charge is -2.34. The summed E-state index contributed by atoms with van der Waals surface area (Å²) in [5.74, 6) is 1.04. The molecule has 0 spiro atoms. The van der Waals surface area contributed by atoms with E-state index in [0.29, 0.717) is 6.61 Å². The van der Waals surface area contributed by atoms with Gasteiger partial charge in [-0.15, -0.1) is 23.5 Å². The van der Waals surface area contributed by atoms with Crippen LogP contribution in [0.4, 0.5) is 0 Å². The zero-order valence-corrected chi connectivity index (χ0v) is 17.5. The Morgan fingerprint density at radius 3 is 2.00 bits per heavy atom. The molecule has 144 valence electrons. The topological polar surface area (TPSA) is 32.8 Å². The first-order valence-electron chi connectivity index (χ1n) is 9.12. The molecule has 1 aliphatic rings. The van der Waals surface area contributed by atoms with Gasteiger partial charge in [-0.3, -0.25) is 9.69 Å². The van der Waals surface area contributed by atoms with Crippen LogP contribution in [-0.2, 0) is 0 Å². The van der Waals surface area contributed by atoms with Crippen molar-refractivity contribution in [2.75, 3.05) is 51.8 Å². The van der Waals surface area contributed by atoms with E-state index in [-0.39, 0.29) is 5.91 Å². The predicted molar refractivity (Wildman–Crippen MR) is 114 cm³/mol. The molecule has 0 saturated carbocycles. The number of amides is 1. The van der Waals surface area contributed by atoms with Crippen molar-refractivity contribution >= 4 is 29.4 Å². The van der Waals surface area contributed by atoms with E-state index in [2.05, 4.69) is 23.3 Å². The molecule has 0 unspecified atom stereocenters. The van der Waals surface area contributed by atoms with E-state index in [1.165, 1.54) is 9.79 Å². The fourth-order valence-electron chi connectivity index (χ4n) is 3.06. The summed E-state index contributed by atoms with van der Waals surface area (Å²) < 4.78 is 5.84. The largest absolute Gasteiger partial charge is 0.492 e. The van der Waals surface area contributed by atoms with Crippen molar-refractivity contribution in [1.29, 1.82) is 0 Å². The Hall–Kier alpha value is -1.63. The first-order valence-corrected chi connectivity index (χ1v) is 11.6. The summed E-state index contributed by atoms with van der Waals surface area (Å²) in [6.45, 7) is 4.88. The number of nitrogens with zero attached hydrogens (tertiary/aromatic N) is 2. The van der Waals surface area contributed by atoms with Gasteiger partial charge in [-0.2, -0.15) is 0 Å². The summed E-state index contributed by atoms with van der Waals surface area (Å²) >= 11 is 3.42. The molecule has 6 heteroatoms. The smallest absolute Gasteiger partial charge is 0.253 e. The number of benzene rings is 2. The molecule has 2 aromatic carbocycles. The molecule has 4 nitrogen and oxygen atoms in total. The highest BCUT2D eigenvalue weighted by atomic mass is 32.2. The summed E-state index contributed by atoms with van der Waals surface area (Å²) in [5.41, 5.74) is 0.776. The SMILES string of the molecule is CSc1ccc(OCCN2CCN(C(=O)c3ccc(SC)cc3)CC2)cc1. The van der Waals surface area contributed by atoms with Crippen molar-refractivity contribution in [2.45, 2.75) is 9.79 Å². The molecule has 1 fully saturated rings. The Labute approximate surface area is 170 Å². The van der Waals surface area contributed by atoms with Gasteiger partial charge < -0.3 is 9.64 Å². The zero-order valence-electron chi connectivity index (χ0n) is 15.9. The number of thioether (sulfide) groups is 2. The van der Waals surface area contributed by atoms with Crippen molar-refractivity contribution in [3.63, 3.8) is 0 Å². The van der Waals surface area contributed by atoms with E-state index in [1.54, 1.807) is 23.5 Å². The molecule has 0 N–H and O–H groups in total. The Bertz CT molecular complexity index is 727. The van der Waals surface area contributed by atoms with Gasteiger partial charge in [0, 0.05) is 48.1 Å². The molecule has 27 heavy (non-hydrogen) atoms. The first kappa shape index (κ1) is 20.1. The lowest BCUT2D eigenvalue weighted by Crippen LogP contribution is -2.49. The third-order valence-electron chi connectivity index (χ3n) is 4.73. The van der Waals surface area contributed by atoms with E-state index in [1.807, 2.05) is 47.6 Å². The van der Waals surface area contributed by atoms with Crippen LogP contribution in [0, 0.1) is 0 Å². The molecule has 0 radical (unpaired) electrons. The van der Waals surface area contributed by atoms with Crippen molar-refractivity contribution in [1.82, 2.24) is 9.80 Å². The molecule has 3 rings (SSSR count). The molecule has 1 aliphatic heterocycles. The Kier molecular flexibility index (Phi) is 7.50. The van der Waals surface area contributed by atoms with E-state index in [0.717, 1.165) is 44.0 Å². The van der Waals surface area contributed by atoms with Crippen molar-refractivity contribution in [3.05, 3.63) is 54.1 Å². The van der Waals surface area contributed by atoms with Crippen LogP contribution in [-0.4, -0.2) is 67.5 Å². The summed E-state index contributed by atoms with van der Waals surface area (Å²) in [5, 5.41) is 0. The quantitative estimate of drug-likeness (QED) is 0.655. The van der Waals surface area contributed by atoms with Crippen LogP contribution in [0.5, 0.6) is 5.75 Å². The maximum atomic E-state index is 12.6. The molecule has 1 saturated heterocycles. The van der Waals surface area contributed by atoms with Crippen LogP contribution in [0.3, 0.4) is 0 Å². The van der Waals surface area contributed by atoms with Gasteiger partial charge in [-0.1, -0.05) is 0 Å². The first-order chi connectivity index (χ1) is 13.2. The molecule has 2 aromatic rings. The normalized spacial score (nSPS) is 15.0. The van der Waals surface area contributed by atoms with Gasteiger partial charge in [0.1, 0.15) is 12.4 Å². The fourth-order valence-corrected chi connectivity index (χ4v) is 3.87. The van der Waals surface area contributed by atoms with Crippen LogP contribution in [0.15, 0.2) is 58.3 Å². The van der Waals surface area contributed by atoms with Gasteiger partial charge in [0.15, 0.2) is 0 Å². The van der Waals surface area contributed by atoms with Crippen molar-refractivity contribution in [2.24, 2.45) is 0 Å². The van der Waals surface area contributed by atoms with Crippen LogP contribution in [0.2, 0.25) is 0 Å². The van der Waals surface area contributed by atoms with Crippen LogP contribution in [0.1, 0.15) is 10.4 Å². The Balaban J connectivity index is 1.40. The fraction of sp³-hybridized carbons (Fsp3) is 0.381. The average molecular weight is 403 g/mol. The van der Waals surface area contributed by atoms with E-state index in [9.17, 15) is 4.79 Å². The Morgan fingerprint density at radius 2 is 1.44 bits per heavy atom. The predicted octanol–water partition coefficient (Wildman–Crippen LogP) is 3.97. The molecule has 0 atom stereocenters. The summed E-state index contributed by atoms with van der Waals surface area (Å²) in [6.07, 6.45) is 4.11. The Morgan fingerprint density at radius 1 is 0.889 bits per heavy atom. The maximum absolute atomic E-state index is 12.6. The van der Waals surface area contributed by atoms with Crippen molar-refractivity contribution < 1.29 is 9.53 Å². The maximum Gasteiger partial charge on any atom is 0.253 e. The molecule has 0 aromatic heterocycles. The van der Waals surface area contributed by atoms with E-state index in [4.69, 9.17) is 4.74 Å². The van der Waals surface area contributed by atoms with Gasteiger partial charge in [0.05, 0.1) is 0 Å². The summed E-state index contributed by atoms with van der Waals surface area (Å²) in [6, 6.07) is 16.1. The molecule has 0 aliphatic carbocycles. The lowest BCUT2D eigenvalue weighted by atomic mass is 10.2. The zero-order chi connectivity index (χ0) is 19.1. The van der Waals surface area contributed by atoms with Gasteiger partial charge in [0.25, 0.3) is 5.91 Å². The number of carbonyl (C=O) groups excluding carboxylic acids is 1. The number of hydrogen-bond acceptors (Lipinski definition) is 5. The highest BCUT2D eigenvalue weighted by Gasteiger charge is 2.21. The second kappa shape index (κ2) is 10.1. The molecule has 1 amide bonds. The monoisotopic (exact) mass is 402 g/mol.